The number of aromatic nitrogens is 3. The molecule has 8 heteroatoms. The van der Waals surface area contributed by atoms with Gasteiger partial charge in [-0.05, 0) is 49.6 Å². The van der Waals surface area contributed by atoms with Gasteiger partial charge in [0.2, 0.25) is 5.91 Å². The van der Waals surface area contributed by atoms with E-state index in [9.17, 15) is 4.79 Å². The fraction of sp³-hybridized carbons (Fsp3) is 0.348. The number of aryl methyl sites for hydroxylation is 1. The molecule has 3 aromatic rings. The van der Waals surface area contributed by atoms with Crippen molar-refractivity contribution in [1.82, 2.24) is 14.8 Å². The Labute approximate surface area is 192 Å². The normalized spacial score (nSPS) is 11.0. The molecule has 0 aliphatic heterocycles. The average Bonchev–Trinajstić information content (AvgIpc) is 3.15. The zero-order valence-corrected chi connectivity index (χ0v) is 19.5. The number of nitrogens with one attached hydrogen (secondary N) is 1. The smallest absolute Gasteiger partial charge is 0.234 e. The monoisotopic (exact) mass is 458 g/mol. The number of hydrogen-bond donors (Lipinski definition) is 1. The van der Waals surface area contributed by atoms with Crippen molar-refractivity contribution in [3.8, 4) is 5.75 Å². The van der Waals surface area contributed by atoms with Crippen LogP contribution in [0.25, 0.3) is 0 Å². The molecule has 1 amide bonds. The number of para-hydroxylation sites is 1. The summed E-state index contributed by atoms with van der Waals surface area (Å²) in [4.78, 5) is 12.4. The number of halogens is 1. The number of benzene rings is 2. The first-order valence-electron chi connectivity index (χ1n) is 10.3. The van der Waals surface area contributed by atoms with E-state index in [1.165, 1.54) is 11.8 Å². The van der Waals surface area contributed by atoms with E-state index in [0.29, 0.717) is 15.9 Å². The van der Waals surface area contributed by atoms with E-state index in [1.807, 2.05) is 49.4 Å². The predicted molar refractivity (Wildman–Crippen MR) is 126 cm³/mol. The van der Waals surface area contributed by atoms with E-state index < -0.39 is 0 Å². The van der Waals surface area contributed by atoms with Gasteiger partial charge < -0.3 is 14.6 Å². The zero-order valence-electron chi connectivity index (χ0n) is 18.0. The van der Waals surface area contributed by atoms with Gasteiger partial charge in [-0.3, -0.25) is 4.79 Å². The molecule has 0 saturated heterocycles. The molecule has 0 saturated carbocycles. The summed E-state index contributed by atoms with van der Waals surface area (Å²) in [6, 6.07) is 15.3. The van der Waals surface area contributed by atoms with E-state index >= 15 is 0 Å². The van der Waals surface area contributed by atoms with Gasteiger partial charge in [-0.15, -0.1) is 10.2 Å². The lowest BCUT2D eigenvalue weighted by Crippen LogP contribution is -2.17. The van der Waals surface area contributed by atoms with E-state index in [2.05, 4.69) is 33.9 Å². The molecule has 164 valence electrons. The van der Waals surface area contributed by atoms with Crippen molar-refractivity contribution < 1.29 is 9.53 Å². The Kier molecular flexibility index (Phi) is 8.37. The Morgan fingerprint density at radius 3 is 2.65 bits per heavy atom. The van der Waals surface area contributed by atoms with Crippen LogP contribution in [-0.4, -0.2) is 26.4 Å². The van der Waals surface area contributed by atoms with Crippen LogP contribution in [0.15, 0.2) is 53.7 Å². The first kappa shape index (κ1) is 23.2. The molecule has 0 unspecified atom stereocenters. The van der Waals surface area contributed by atoms with Gasteiger partial charge >= 0.3 is 0 Å². The van der Waals surface area contributed by atoms with Gasteiger partial charge in [-0.25, -0.2) is 0 Å². The minimum Gasteiger partial charge on any atom is -0.484 e. The quantitative estimate of drug-likeness (QED) is 0.382. The SMILES string of the molecule is CCC(CC)n1c(COc2ccccc2Cl)nnc1SCC(=O)Nc1cccc(C)c1. The van der Waals surface area contributed by atoms with E-state index in [1.54, 1.807) is 6.07 Å². The van der Waals surface area contributed by atoms with Crippen molar-refractivity contribution in [1.29, 1.82) is 0 Å². The summed E-state index contributed by atoms with van der Waals surface area (Å²) in [5.74, 6) is 1.49. The standard InChI is InChI=1S/C23H27ClN4O2S/c1-4-18(5-2)28-21(14-30-20-12-7-6-11-19(20)24)26-27-23(28)31-15-22(29)25-17-10-8-9-16(3)13-17/h6-13,18H,4-5,14-15H2,1-3H3,(H,25,29). The Morgan fingerprint density at radius 2 is 1.94 bits per heavy atom. The number of carbonyl (C=O) groups excluding carboxylic acids is 1. The number of thioether (sulfide) groups is 1. The molecule has 2 aromatic carbocycles. The predicted octanol–water partition coefficient (Wildman–Crippen LogP) is 5.91. The van der Waals surface area contributed by atoms with Crippen molar-refractivity contribution >= 4 is 35.0 Å². The number of hydrogen-bond acceptors (Lipinski definition) is 5. The number of amides is 1. The second-order valence-electron chi connectivity index (χ2n) is 7.16. The molecule has 3 rings (SSSR count). The molecule has 6 nitrogen and oxygen atoms in total. The number of carbonyl (C=O) groups is 1. The van der Waals surface area contributed by atoms with Crippen LogP contribution >= 0.6 is 23.4 Å². The third kappa shape index (κ3) is 6.24. The maximum Gasteiger partial charge on any atom is 0.234 e. The van der Waals surface area contributed by atoms with Crippen LogP contribution in [0.2, 0.25) is 5.02 Å². The van der Waals surface area contributed by atoms with Crippen LogP contribution in [0.3, 0.4) is 0 Å². The number of rotatable bonds is 10. The highest BCUT2D eigenvalue weighted by Crippen LogP contribution is 2.28. The fourth-order valence-electron chi connectivity index (χ4n) is 3.28. The highest BCUT2D eigenvalue weighted by molar-refractivity contribution is 7.99. The second kappa shape index (κ2) is 11.2. The Balaban J connectivity index is 1.70. The summed E-state index contributed by atoms with van der Waals surface area (Å²) in [5.41, 5.74) is 1.89. The van der Waals surface area contributed by atoms with Gasteiger partial charge in [0.05, 0.1) is 10.8 Å². The first-order chi connectivity index (χ1) is 15.0. The molecule has 0 aliphatic carbocycles. The summed E-state index contributed by atoms with van der Waals surface area (Å²) in [6.07, 6.45) is 1.85. The molecular weight excluding hydrogens is 432 g/mol. The maximum atomic E-state index is 12.4. The van der Waals surface area contributed by atoms with Crippen molar-refractivity contribution in [3.63, 3.8) is 0 Å². The zero-order chi connectivity index (χ0) is 22.2. The molecule has 1 aromatic heterocycles. The minimum absolute atomic E-state index is 0.0800. The van der Waals surface area contributed by atoms with Gasteiger partial charge in [-0.1, -0.05) is 61.5 Å². The molecule has 0 atom stereocenters. The van der Waals surface area contributed by atoms with Crippen molar-refractivity contribution in [3.05, 3.63) is 64.9 Å². The van der Waals surface area contributed by atoms with Crippen LogP contribution in [0, 0.1) is 6.92 Å². The van der Waals surface area contributed by atoms with Crippen LogP contribution in [0.5, 0.6) is 5.75 Å². The number of nitrogens with zero attached hydrogens (tertiary/aromatic N) is 3. The molecule has 1 heterocycles. The average molecular weight is 459 g/mol. The van der Waals surface area contributed by atoms with Crippen LogP contribution in [-0.2, 0) is 11.4 Å². The van der Waals surface area contributed by atoms with Crippen molar-refractivity contribution in [2.24, 2.45) is 0 Å². The molecule has 0 spiro atoms. The summed E-state index contributed by atoms with van der Waals surface area (Å²) >= 11 is 7.58. The lowest BCUT2D eigenvalue weighted by Gasteiger charge is -2.19. The molecule has 31 heavy (non-hydrogen) atoms. The minimum atomic E-state index is -0.0800. The van der Waals surface area contributed by atoms with Crippen LogP contribution in [0.4, 0.5) is 5.69 Å². The van der Waals surface area contributed by atoms with Crippen LogP contribution in [0.1, 0.15) is 44.1 Å². The summed E-state index contributed by atoms with van der Waals surface area (Å²) in [6.45, 7) is 6.51. The first-order valence-corrected chi connectivity index (χ1v) is 11.7. The van der Waals surface area contributed by atoms with Crippen molar-refractivity contribution in [2.45, 2.75) is 51.4 Å². The lowest BCUT2D eigenvalue weighted by atomic mass is 10.2. The Bertz CT molecular complexity index is 1020. The Morgan fingerprint density at radius 1 is 1.16 bits per heavy atom. The number of ether oxygens (including phenoxy) is 1. The Hall–Kier alpha value is -2.51. The third-order valence-corrected chi connectivity index (χ3v) is 6.13. The lowest BCUT2D eigenvalue weighted by molar-refractivity contribution is -0.113. The largest absolute Gasteiger partial charge is 0.484 e. The summed E-state index contributed by atoms with van der Waals surface area (Å²) in [5, 5.41) is 12.9. The molecule has 0 aliphatic rings. The second-order valence-corrected chi connectivity index (χ2v) is 8.51. The van der Waals surface area contributed by atoms with Crippen molar-refractivity contribution in [2.75, 3.05) is 11.1 Å². The van der Waals surface area contributed by atoms with Gasteiger partial charge in [0, 0.05) is 11.7 Å². The van der Waals surface area contributed by atoms with E-state index in [0.717, 1.165) is 29.9 Å². The molecular formula is C23H27ClN4O2S. The van der Waals surface area contributed by atoms with Crippen LogP contribution < -0.4 is 10.1 Å². The maximum absolute atomic E-state index is 12.4. The summed E-state index contributed by atoms with van der Waals surface area (Å²) in [7, 11) is 0. The van der Waals surface area contributed by atoms with Gasteiger partial charge in [-0.2, -0.15) is 0 Å². The number of anilines is 1. The topological polar surface area (TPSA) is 69.0 Å². The van der Waals surface area contributed by atoms with Gasteiger partial charge in [0.15, 0.2) is 11.0 Å². The molecule has 0 fully saturated rings. The third-order valence-electron chi connectivity index (χ3n) is 4.87. The van der Waals surface area contributed by atoms with E-state index in [4.69, 9.17) is 16.3 Å². The molecule has 0 bridgehead atoms. The molecule has 1 N–H and O–H groups in total. The highest BCUT2D eigenvalue weighted by Gasteiger charge is 2.20. The van der Waals surface area contributed by atoms with Gasteiger partial charge in [0.25, 0.3) is 0 Å². The fourth-order valence-corrected chi connectivity index (χ4v) is 4.29. The highest BCUT2D eigenvalue weighted by atomic mass is 35.5. The molecule has 0 radical (unpaired) electrons. The van der Waals surface area contributed by atoms with Gasteiger partial charge in [0.1, 0.15) is 12.4 Å². The van der Waals surface area contributed by atoms with E-state index in [-0.39, 0.29) is 24.3 Å². The summed E-state index contributed by atoms with van der Waals surface area (Å²) < 4.78 is 7.97.